The summed E-state index contributed by atoms with van der Waals surface area (Å²) in [5.74, 6) is -1.24. The quantitative estimate of drug-likeness (QED) is 0.314. The average Bonchev–Trinajstić information content (AvgIpc) is 2.82. The molecule has 0 bridgehead atoms. The molecule has 2 rings (SSSR count). The van der Waals surface area contributed by atoms with Crippen molar-refractivity contribution in [2.75, 3.05) is 11.9 Å². The van der Waals surface area contributed by atoms with Crippen LogP contribution in [0.3, 0.4) is 0 Å². The van der Waals surface area contributed by atoms with E-state index in [0.29, 0.717) is 34.9 Å². The number of unbranched alkanes of at least 4 members (excludes halogenated alkanes) is 1. The van der Waals surface area contributed by atoms with Gasteiger partial charge in [-0.05, 0) is 104 Å². The van der Waals surface area contributed by atoms with Crippen LogP contribution < -0.4 is 11.1 Å². The lowest BCUT2D eigenvalue weighted by Gasteiger charge is -2.33. The first-order chi connectivity index (χ1) is 18.0. The van der Waals surface area contributed by atoms with Crippen molar-refractivity contribution >= 4 is 33.7 Å². The molecule has 10 nitrogen and oxygen atoms in total. The van der Waals surface area contributed by atoms with Crippen molar-refractivity contribution < 1.29 is 32.3 Å². The number of rotatable bonds is 10. The van der Waals surface area contributed by atoms with Crippen molar-refractivity contribution in [1.82, 2.24) is 4.31 Å². The first-order valence-electron chi connectivity index (χ1n) is 12.7. The number of ether oxygens (including phenoxy) is 2. The fourth-order valence-electron chi connectivity index (χ4n) is 3.50. The summed E-state index contributed by atoms with van der Waals surface area (Å²) in [6, 6.07) is 12.4. The first kappa shape index (κ1) is 31.8. The molecule has 0 heterocycles. The third-order valence-corrected chi connectivity index (χ3v) is 6.96. The summed E-state index contributed by atoms with van der Waals surface area (Å²) in [5.41, 5.74) is 4.42. The average molecular weight is 562 g/mol. The number of amides is 2. The normalized spacial score (nSPS) is 12.8. The molecule has 2 amide bonds. The molecule has 0 spiro atoms. The number of anilines is 1. The smallest absolute Gasteiger partial charge is 0.425 e. The van der Waals surface area contributed by atoms with E-state index in [1.165, 1.54) is 24.3 Å². The van der Waals surface area contributed by atoms with Gasteiger partial charge in [0.2, 0.25) is 0 Å². The number of benzene rings is 2. The monoisotopic (exact) mass is 561 g/mol. The fourth-order valence-corrected chi connectivity index (χ4v) is 4.97. The summed E-state index contributed by atoms with van der Waals surface area (Å²) in [6.45, 7) is 10.1. The molecule has 0 aliphatic rings. The lowest BCUT2D eigenvalue weighted by molar-refractivity contribution is -0.159. The molecule has 2 aromatic rings. The van der Waals surface area contributed by atoms with E-state index in [0.717, 1.165) is 0 Å². The van der Waals surface area contributed by atoms with Gasteiger partial charge in [0.05, 0.1) is 4.90 Å². The predicted molar refractivity (Wildman–Crippen MR) is 149 cm³/mol. The fraction of sp³-hybridized carbons (Fsp3) is 0.464. The Kier molecular flexibility index (Phi) is 10.7. The standard InChI is InChI=1S/C28H39N3O7S/c1-27(2,3)37-25(33)23(14-10-11-19-29)31(26(34)38-28(4,5)6)39(35,36)22-17-15-21(16-18-22)30-24(32)20-12-8-7-9-13-20/h7-9,12-13,15-18,23H,10-11,14,19,29H2,1-6H3,(H,30,32)/t23-/m1/s1. The molecular formula is C28H39N3O7S. The van der Waals surface area contributed by atoms with Crippen molar-refractivity contribution in [3.63, 3.8) is 0 Å². The zero-order valence-electron chi connectivity index (χ0n) is 23.4. The highest BCUT2D eigenvalue weighted by atomic mass is 32.2. The maximum Gasteiger partial charge on any atom is 0.425 e. The lowest BCUT2D eigenvalue weighted by atomic mass is 10.1. The Hall–Kier alpha value is -3.44. The molecule has 0 saturated heterocycles. The lowest BCUT2D eigenvalue weighted by Crippen LogP contribution is -2.51. The maximum absolute atomic E-state index is 13.9. The number of nitrogens with zero attached hydrogens (tertiary/aromatic N) is 1. The molecule has 39 heavy (non-hydrogen) atoms. The molecule has 0 radical (unpaired) electrons. The van der Waals surface area contributed by atoms with E-state index in [9.17, 15) is 22.8 Å². The SMILES string of the molecule is CC(C)(C)OC(=O)[C@@H](CCCCN)N(C(=O)OC(C)(C)C)S(=O)(=O)c1ccc(NC(=O)c2ccccc2)cc1. The minimum atomic E-state index is -4.59. The van der Waals surface area contributed by atoms with Crippen LogP contribution >= 0.6 is 0 Å². The van der Waals surface area contributed by atoms with E-state index in [1.54, 1.807) is 71.9 Å². The zero-order chi connectivity index (χ0) is 29.4. The Bertz CT molecular complexity index is 1230. The second kappa shape index (κ2) is 13.1. The number of carbonyl (C=O) groups is 3. The second-order valence-electron chi connectivity index (χ2n) is 11.0. The number of nitrogens with one attached hydrogen (secondary N) is 1. The highest BCUT2D eigenvalue weighted by molar-refractivity contribution is 7.89. The van der Waals surface area contributed by atoms with E-state index < -0.39 is 39.3 Å². The van der Waals surface area contributed by atoms with Crippen LogP contribution in [0.25, 0.3) is 0 Å². The van der Waals surface area contributed by atoms with Crippen molar-refractivity contribution in [1.29, 1.82) is 0 Å². The van der Waals surface area contributed by atoms with Crippen LogP contribution in [0.2, 0.25) is 0 Å². The molecule has 0 aliphatic carbocycles. The van der Waals surface area contributed by atoms with Gasteiger partial charge in [0.25, 0.3) is 15.9 Å². The number of hydrogen-bond donors (Lipinski definition) is 2. The van der Waals surface area contributed by atoms with E-state index in [-0.39, 0.29) is 17.2 Å². The van der Waals surface area contributed by atoms with Crippen molar-refractivity contribution in [3.05, 3.63) is 60.2 Å². The van der Waals surface area contributed by atoms with Crippen molar-refractivity contribution in [3.8, 4) is 0 Å². The van der Waals surface area contributed by atoms with E-state index in [2.05, 4.69) is 5.32 Å². The summed E-state index contributed by atoms with van der Waals surface area (Å²) in [7, 11) is -4.59. The summed E-state index contributed by atoms with van der Waals surface area (Å²) in [5, 5.41) is 2.70. The van der Waals surface area contributed by atoms with Crippen molar-refractivity contribution in [2.45, 2.75) is 82.9 Å². The highest BCUT2D eigenvalue weighted by Crippen LogP contribution is 2.27. The molecule has 3 N–H and O–H groups in total. The molecule has 1 atom stereocenters. The Morgan fingerprint density at radius 3 is 1.95 bits per heavy atom. The second-order valence-corrected chi connectivity index (χ2v) is 12.8. The Morgan fingerprint density at radius 2 is 1.44 bits per heavy atom. The van der Waals surface area contributed by atoms with Crippen molar-refractivity contribution in [2.24, 2.45) is 5.73 Å². The number of nitrogens with two attached hydrogens (primary N) is 1. The van der Waals surface area contributed by atoms with Crippen LogP contribution in [0.15, 0.2) is 59.5 Å². The third-order valence-electron chi connectivity index (χ3n) is 5.17. The van der Waals surface area contributed by atoms with Gasteiger partial charge in [-0.15, -0.1) is 0 Å². The van der Waals surface area contributed by atoms with Gasteiger partial charge in [-0.3, -0.25) is 4.79 Å². The molecule has 0 fully saturated rings. The summed E-state index contributed by atoms with van der Waals surface area (Å²) in [6.07, 6.45) is -0.320. The molecular weight excluding hydrogens is 522 g/mol. The predicted octanol–water partition coefficient (Wildman–Crippen LogP) is 4.70. The Balaban J connectivity index is 2.47. The van der Waals surface area contributed by atoms with Crippen LogP contribution in [0.1, 0.15) is 71.2 Å². The minimum Gasteiger partial charge on any atom is -0.458 e. The van der Waals surface area contributed by atoms with Gasteiger partial charge in [-0.1, -0.05) is 18.2 Å². The van der Waals surface area contributed by atoms with E-state index >= 15 is 0 Å². The van der Waals surface area contributed by atoms with Gasteiger partial charge in [-0.2, -0.15) is 4.31 Å². The zero-order valence-corrected chi connectivity index (χ0v) is 24.2. The molecule has 214 valence electrons. The first-order valence-corrected chi connectivity index (χ1v) is 14.2. The molecule has 0 aliphatic heterocycles. The van der Waals surface area contributed by atoms with Gasteiger partial charge in [0.15, 0.2) is 0 Å². The van der Waals surface area contributed by atoms with Gasteiger partial charge >= 0.3 is 12.1 Å². The Morgan fingerprint density at radius 1 is 0.872 bits per heavy atom. The number of carbonyl (C=O) groups excluding carboxylic acids is 3. The number of hydrogen-bond acceptors (Lipinski definition) is 8. The molecule has 0 aromatic heterocycles. The number of esters is 1. The topological polar surface area (TPSA) is 145 Å². The molecule has 11 heteroatoms. The summed E-state index contributed by atoms with van der Waals surface area (Å²) < 4.78 is 39.1. The van der Waals surface area contributed by atoms with Crippen LogP contribution in [0, 0.1) is 0 Å². The van der Waals surface area contributed by atoms with E-state index in [1.807, 2.05) is 0 Å². The summed E-state index contributed by atoms with van der Waals surface area (Å²) >= 11 is 0. The van der Waals surface area contributed by atoms with E-state index in [4.69, 9.17) is 15.2 Å². The van der Waals surface area contributed by atoms with Gasteiger partial charge in [-0.25, -0.2) is 18.0 Å². The highest BCUT2D eigenvalue weighted by Gasteiger charge is 2.43. The van der Waals surface area contributed by atoms with Gasteiger partial charge in [0.1, 0.15) is 17.2 Å². The third kappa shape index (κ3) is 9.67. The summed E-state index contributed by atoms with van der Waals surface area (Å²) in [4.78, 5) is 38.8. The largest absolute Gasteiger partial charge is 0.458 e. The maximum atomic E-state index is 13.9. The molecule has 2 aromatic carbocycles. The minimum absolute atomic E-state index is 0.00416. The van der Waals surface area contributed by atoms with Crippen LogP contribution in [-0.4, -0.2) is 54.5 Å². The number of sulfonamides is 1. The van der Waals surface area contributed by atoms with Gasteiger partial charge < -0.3 is 20.5 Å². The van der Waals surface area contributed by atoms with Crippen LogP contribution in [-0.2, 0) is 24.3 Å². The van der Waals surface area contributed by atoms with Gasteiger partial charge in [0, 0.05) is 11.3 Å². The van der Waals surface area contributed by atoms with Crippen LogP contribution in [0.5, 0.6) is 0 Å². The van der Waals surface area contributed by atoms with Crippen LogP contribution in [0.4, 0.5) is 10.5 Å². The Labute approximate surface area is 230 Å². The molecule has 0 unspecified atom stereocenters. The molecule has 0 saturated carbocycles.